The lowest BCUT2D eigenvalue weighted by Crippen LogP contribution is -1.94. The summed E-state index contributed by atoms with van der Waals surface area (Å²) in [7, 11) is 0. The van der Waals surface area contributed by atoms with E-state index in [1.165, 1.54) is 12.1 Å². The van der Waals surface area contributed by atoms with Gasteiger partial charge in [0, 0.05) is 6.07 Å². The van der Waals surface area contributed by atoms with Crippen molar-refractivity contribution in [3.8, 4) is 11.5 Å². The fourth-order valence-corrected chi connectivity index (χ4v) is 1.60. The highest BCUT2D eigenvalue weighted by molar-refractivity contribution is 5.79. The quantitative estimate of drug-likeness (QED) is 0.477. The highest BCUT2D eigenvalue weighted by Gasteiger charge is 2.11. The number of aldehydes is 1. The van der Waals surface area contributed by atoms with Gasteiger partial charge in [-0.15, -0.1) is 0 Å². The first-order valence-electron chi connectivity index (χ1n) is 5.59. The van der Waals surface area contributed by atoms with Gasteiger partial charge in [-0.1, -0.05) is 12.1 Å². The van der Waals surface area contributed by atoms with Gasteiger partial charge in [-0.05, 0) is 30.7 Å². The van der Waals surface area contributed by atoms with Crippen LogP contribution in [-0.4, -0.2) is 11.2 Å². The molecule has 0 atom stereocenters. The van der Waals surface area contributed by atoms with Gasteiger partial charge in [0.05, 0.1) is 16.6 Å². The molecule has 0 fully saturated rings. The van der Waals surface area contributed by atoms with Gasteiger partial charge < -0.3 is 4.74 Å². The van der Waals surface area contributed by atoms with Crippen molar-refractivity contribution in [1.82, 2.24) is 0 Å². The number of non-ortho nitro benzene ring substituents is 1. The van der Waals surface area contributed by atoms with E-state index in [-0.39, 0.29) is 5.69 Å². The Morgan fingerprint density at radius 3 is 2.58 bits per heavy atom. The van der Waals surface area contributed by atoms with Crippen LogP contribution in [0.1, 0.15) is 15.9 Å². The number of para-hydroxylation sites is 1. The summed E-state index contributed by atoms with van der Waals surface area (Å²) < 4.78 is 5.59. The molecule has 0 aliphatic rings. The van der Waals surface area contributed by atoms with Crippen LogP contribution in [0.25, 0.3) is 0 Å². The van der Waals surface area contributed by atoms with Crippen molar-refractivity contribution in [2.75, 3.05) is 0 Å². The van der Waals surface area contributed by atoms with Crippen LogP contribution < -0.4 is 4.74 Å². The molecule has 5 nitrogen and oxygen atoms in total. The Kier molecular flexibility index (Phi) is 3.56. The Balaban J connectivity index is 2.40. The first-order chi connectivity index (χ1) is 9.11. The largest absolute Gasteiger partial charge is 0.456 e. The molecule has 2 rings (SSSR count). The van der Waals surface area contributed by atoms with E-state index in [0.29, 0.717) is 23.3 Å². The number of carbonyl (C=O) groups is 1. The number of aryl methyl sites for hydroxylation is 1. The molecular weight excluding hydrogens is 246 g/mol. The van der Waals surface area contributed by atoms with Crippen LogP contribution in [0.2, 0.25) is 0 Å². The minimum Gasteiger partial charge on any atom is -0.456 e. The molecule has 0 amide bonds. The van der Waals surface area contributed by atoms with Crippen molar-refractivity contribution in [3.05, 3.63) is 63.7 Å². The number of rotatable bonds is 4. The second-order valence-corrected chi connectivity index (χ2v) is 3.96. The first-order valence-corrected chi connectivity index (χ1v) is 5.59. The van der Waals surface area contributed by atoms with Gasteiger partial charge in [0.15, 0.2) is 6.29 Å². The molecule has 19 heavy (non-hydrogen) atoms. The molecule has 0 radical (unpaired) electrons. The predicted octanol–water partition coefficient (Wildman–Crippen LogP) is 3.51. The normalized spacial score (nSPS) is 9.95. The fourth-order valence-electron chi connectivity index (χ4n) is 1.60. The molecule has 2 aromatic rings. The number of benzene rings is 2. The average molecular weight is 257 g/mol. The Bertz CT molecular complexity index is 637. The maximum absolute atomic E-state index is 10.9. The zero-order valence-corrected chi connectivity index (χ0v) is 10.2. The molecule has 2 aromatic carbocycles. The number of hydrogen-bond acceptors (Lipinski definition) is 4. The molecule has 96 valence electrons. The van der Waals surface area contributed by atoms with E-state index >= 15 is 0 Å². The van der Waals surface area contributed by atoms with Crippen molar-refractivity contribution >= 4 is 12.0 Å². The monoisotopic (exact) mass is 257 g/mol. The molecule has 0 N–H and O–H groups in total. The lowest BCUT2D eigenvalue weighted by atomic mass is 10.2. The van der Waals surface area contributed by atoms with E-state index < -0.39 is 4.92 Å². The molecule has 0 spiro atoms. The Morgan fingerprint density at radius 2 is 1.89 bits per heavy atom. The van der Waals surface area contributed by atoms with Crippen LogP contribution >= 0.6 is 0 Å². The zero-order valence-electron chi connectivity index (χ0n) is 10.2. The molecule has 0 aliphatic carbocycles. The third-order valence-corrected chi connectivity index (χ3v) is 2.65. The molecule has 0 saturated carbocycles. The predicted molar refractivity (Wildman–Crippen MR) is 69.7 cm³/mol. The number of nitro benzene ring substituents is 1. The molecule has 0 aliphatic heterocycles. The summed E-state index contributed by atoms with van der Waals surface area (Å²) in [5.41, 5.74) is 1.10. The van der Waals surface area contributed by atoms with Crippen LogP contribution in [0.15, 0.2) is 42.5 Å². The molecule has 0 saturated heterocycles. The molecule has 0 unspecified atom stereocenters. The minimum absolute atomic E-state index is 0.0517. The maximum atomic E-state index is 10.9. The Labute approximate surface area is 109 Å². The van der Waals surface area contributed by atoms with E-state index in [0.717, 1.165) is 5.56 Å². The number of nitro groups is 1. The average Bonchev–Trinajstić information content (AvgIpc) is 2.41. The van der Waals surface area contributed by atoms with E-state index in [1.807, 2.05) is 0 Å². The smallest absolute Gasteiger partial charge is 0.273 e. The lowest BCUT2D eigenvalue weighted by molar-refractivity contribution is -0.384. The van der Waals surface area contributed by atoms with Gasteiger partial charge in [0.1, 0.15) is 11.5 Å². The van der Waals surface area contributed by atoms with E-state index in [1.54, 1.807) is 37.3 Å². The SMILES string of the molecule is Cc1ccc([N+](=O)[O-])cc1Oc1ccccc1C=O. The van der Waals surface area contributed by atoms with E-state index in [9.17, 15) is 14.9 Å². The third-order valence-electron chi connectivity index (χ3n) is 2.65. The van der Waals surface area contributed by atoms with Gasteiger partial charge in [0.25, 0.3) is 5.69 Å². The van der Waals surface area contributed by atoms with Crippen LogP contribution in [0.4, 0.5) is 5.69 Å². The van der Waals surface area contributed by atoms with Crippen molar-refractivity contribution in [3.63, 3.8) is 0 Å². The summed E-state index contributed by atoms with van der Waals surface area (Å²) in [6, 6.07) is 11.1. The highest BCUT2D eigenvalue weighted by atomic mass is 16.6. The standard InChI is InChI=1S/C14H11NO4/c1-10-6-7-12(15(17)18)8-14(10)19-13-5-3-2-4-11(13)9-16/h2-9H,1H3. The molecule has 0 heterocycles. The van der Waals surface area contributed by atoms with Gasteiger partial charge in [-0.2, -0.15) is 0 Å². The molecule has 0 bridgehead atoms. The molecular formula is C14H11NO4. The van der Waals surface area contributed by atoms with Gasteiger partial charge in [-0.3, -0.25) is 14.9 Å². The topological polar surface area (TPSA) is 69.4 Å². The van der Waals surface area contributed by atoms with Gasteiger partial charge in [0.2, 0.25) is 0 Å². The minimum atomic E-state index is -0.488. The van der Waals surface area contributed by atoms with Gasteiger partial charge >= 0.3 is 0 Å². The van der Waals surface area contributed by atoms with Crippen molar-refractivity contribution in [2.45, 2.75) is 6.92 Å². The zero-order chi connectivity index (χ0) is 13.8. The number of carbonyl (C=O) groups excluding carboxylic acids is 1. The maximum Gasteiger partial charge on any atom is 0.273 e. The van der Waals surface area contributed by atoms with E-state index in [4.69, 9.17) is 4.74 Å². The van der Waals surface area contributed by atoms with Crippen molar-refractivity contribution in [1.29, 1.82) is 0 Å². The first kappa shape index (κ1) is 12.8. The summed E-state index contributed by atoms with van der Waals surface area (Å²) in [4.78, 5) is 21.1. The number of ether oxygens (including phenoxy) is 1. The van der Waals surface area contributed by atoms with Gasteiger partial charge in [-0.25, -0.2) is 0 Å². The van der Waals surface area contributed by atoms with Crippen LogP contribution in [0.5, 0.6) is 11.5 Å². The summed E-state index contributed by atoms with van der Waals surface area (Å²) in [5.74, 6) is 0.740. The van der Waals surface area contributed by atoms with Crippen LogP contribution in [-0.2, 0) is 0 Å². The number of nitrogens with zero attached hydrogens (tertiary/aromatic N) is 1. The fraction of sp³-hybridized carbons (Fsp3) is 0.0714. The van der Waals surface area contributed by atoms with Crippen molar-refractivity contribution in [2.24, 2.45) is 0 Å². The van der Waals surface area contributed by atoms with E-state index in [2.05, 4.69) is 0 Å². The summed E-state index contributed by atoms with van der Waals surface area (Å²) in [6.07, 6.45) is 0.683. The summed E-state index contributed by atoms with van der Waals surface area (Å²) in [6.45, 7) is 1.78. The second kappa shape index (κ2) is 5.30. The van der Waals surface area contributed by atoms with Crippen LogP contribution in [0.3, 0.4) is 0 Å². The highest BCUT2D eigenvalue weighted by Crippen LogP contribution is 2.30. The lowest BCUT2D eigenvalue weighted by Gasteiger charge is -2.09. The number of hydrogen-bond donors (Lipinski definition) is 0. The van der Waals surface area contributed by atoms with Crippen molar-refractivity contribution < 1.29 is 14.5 Å². The summed E-state index contributed by atoms with van der Waals surface area (Å²) >= 11 is 0. The Hall–Kier alpha value is -2.69. The third kappa shape index (κ3) is 2.77. The Morgan fingerprint density at radius 1 is 1.16 bits per heavy atom. The molecule has 5 heteroatoms. The molecule has 0 aromatic heterocycles. The van der Waals surface area contributed by atoms with Crippen LogP contribution in [0, 0.1) is 17.0 Å². The summed E-state index contributed by atoms with van der Waals surface area (Å²) in [5, 5.41) is 10.7. The second-order valence-electron chi connectivity index (χ2n) is 3.96.